The molecule has 4 rings (SSSR count). The Bertz CT molecular complexity index is 871. The normalized spacial score (nSPS) is 19.4. The number of ether oxygens (including phenoxy) is 3. The number of benzene rings is 2. The highest BCUT2D eigenvalue weighted by Gasteiger charge is 2.23. The van der Waals surface area contributed by atoms with E-state index in [-0.39, 0.29) is 25.2 Å². The third kappa shape index (κ3) is 6.06. The third-order valence-corrected chi connectivity index (χ3v) is 5.48. The Balaban J connectivity index is 1.17. The van der Waals surface area contributed by atoms with Gasteiger partial charge in [-0.1, -0.05) is 30.3 Å². The summed E-state index contributed by atoms with van der Waals surface area (Å²) in [6, 6.07) is 17.5. The first-order valence-corrected chi connectivity index (χ1v) is 10.7. The van der Waals surface area contributed by atoms with Crippen molar-refractivity contribution >= 4 is 17.6 Å². The Morgan fingerprint density at radius 2 is 1.87 bits per heavy atom. The molecule has 0 spiro atoms. The standard InChI is InChI=1S/C24H28N2O5/c27-23-7-4-12-26(23)20-8-10-21(11-9-20)30-18-24(28)31-17-22-16-25(13-14-29-22)15-19-5-2-1-3-6-19/h1-3,5-6,8-11,22H,4,7,12-18H2. The van der Waals surface area contributed by atoms with Crippen LogP contribution in [-0.2, 0) is 25.6 Å². The molecular formula is C24H28N2O5. The van der Waals surface area contributed by atoms with E-state index in [1.807, 2.05) is 30.3 Å². The predicted octanol–water partition coefficient (Wildman–Crippen LogP) is 2.64. The van der Waals surface area contributed by atoms with Gasteiger partial charge in [-0.2, -0.15) is 0 Å². The van der Waals surface area contributed by atoms with Crippen LogP contribution in [0.3, 0.4) is 0 Å². The van der Waals surface area contributed by atoms with Gasteiger partial charge in [-0.15, -0.1) is 0 Å². The molecule has 2 aliphatic rings. The largest absolute Gasteiger partial charge is 0.482 e. The molecule has 2 saturated heterocycles. The Labute approximate surface area is 182 Å². The van der Waals surface area contributed by atoms with Crippen LogP contribution >= 0.6 is 0 Å². The lowest BCUT2D eigenvalue weighted by molar-refractivity contribution is -0.152. The smallest absolute Gasteiger partial charge is 0.344 e. The number of hydrogen-bond acceptors (Lipinski definition) is 6. The van der Waals surface area contributed by atoms with Crippen molar-refractivity contribution in [3.63, 3.8) is 0 Å². The minimum absolute atomic E-state index is 0.140. The summed E-state index contributed by atoms with van der Waals surface area (Å²) in [5.74, 6) is 0.280. The van der Waals surface area contributed by atoms with Crippen molar-refractivity contribution in [1.82, 2.24) is 4.90 Å². The van der Waals surface area contributed by atoms with E-state index in [0.29, 0.717) is 18.8 Å². The summed E-state index contributed by atoms with van der Waals surface area (Å²) >= 11 is 0. The van der Waals surface area contributed by atoms with Crippen molar-refractivity contribution in [3.8, 4) is 5.75 Å². The first kappa shape index (κ1) is 21.3. The SMILES string of the molecule is O=C(COc1ccc(N2CCCC2=O)cc1)OCC1CN(Cc2ccccc2)CCO1. The molecule has 2 heterocycles. The minimum Gasteiger partial charge on any atom is -0.482 e. The van der Waals surface area contributed by atoms with E-state index >= 15 is 0 Å². The number of carbonyl (C=O) groups excluding carboxylic acids is 2. The highest BCUT2D eigenvalue weighted by Crippen LogP contribution is 2.23. The van der Waals surface area contributed by atoms with Crippen LogP contribution in [-0.4, -0.2) is 62.3 Å². The van der Waals surface area contributed by atoms with Gasteiger partial charge in [0.1, 0.15) is 18.5 Å². The average Bonchev–Trinajstić information content (AvgIpc) is 3.23. The summed E-state index contributed by atoms with van der Waals surface area (Å²) in [4.78, 5) is 28.0. The lowest BCUT2D eigenvalue weighted by Gasteiger charge is -2.32. The van der Waals surface area contributed by atoms with Crippen molar-refractivity contribution in [2.45, 2.75) is 25.5 Å². The van der Waals surface area contributed by atoms with Crippen LogP contribution in [0.15, 0.2) is 54.6 Å². The molecule has 2 aromatic rings. The number of rotatable bonds is 8. The summed E-state index contributed by atoms with van der Waals surface area (Å²) in [5.41, 5.74) is 2.11. The van der Waals surface area contributed by atoms with Crippen LogP contribution in [0.25, 0.3) is 0 Å². The highest BCUT2D eigenvalue weighted by atomic mass is 16.6. The molecule has 2 fully saturated rings. The van der Waals surface area contributed by atoms with E-state index in [0.717, 1.165) is 38.3 Å². The van der Waals surface area contributed by atoms with Crippen LogP contribution < -0.4 is 9.64 Å². The fourth-order valence-electron chi connectivity index (χ4n) is 3.88. The third-order valence-electron chi connectivity index (χ3n) is 5.48. The van der Waals surface area contributed by atoms with Crippen LogP contribution in [0.2, 0.25) is 0 Å². The Morgan fingerprint density at radius 1 is 1.06 bits per heavy atom. The molecule has 31 heavy (non-hydrogen) atoms. The Kier molecular flexibility index (Phi) is 7.17. The molecule has 0 aliphatic carbocycles. The number of esters is 1. The molecule has 0 saturated carbocycles. The summed E-state index contributed by atoms with van der Waals surface area (Å²) in [6.07, 6.45) is 1.34. The second kappa shape index (κ2) is 10.4. The lowest BCUT2D eigenvalue weighted by Crippen LogP contribution is -2.44. The summed E-state index contributed by atoms with van der Waals surface area (Å²) < 4.78 is 16.6. The van der Waals surface area contributed by atoms with Gasteiger partial charge in [0.05, 0.1) is 6.61 Å². The van der Waals surface area contributed by atoms with Gasteiger partial charge >= 0.3 is 5.97 Å². The maximum atomic E-state index is 12.1. The molecule has 1 unspecified atom stereocenters. The van der Waals surface area contributed by atoms with Crippen LogP contribution in [0.4, 0.5) is 5.69 Å². The maximum absolute atomic E-state index is 12.1. The van der Waals surface area contributed by atoms with Crippen molar-refractivity contribution in [2.24, 2.45) is 0 Å². The quantitative estimate of drug-likeness (QED) is 0.607. The Morgan fingerprint density at radius 3 is 2.61 bits per heavy atom. The van der Waals surface area contributed by atoms with Gasteiger partial charge in [-0.3, -0.25) is 9.69 Å². The van der Waals surface area contributed by atoms with Gasteiger partial charge in [0.2, 0.25) is 5.91 Å². The van der Waals surface area contributed by atoms with E-state index in [1.54, 1.807) is 17.0 Å². The van der Waals surface area contributed by atoms with Gasteiger partial charge in [-0.25, -0.2) is 4.79 Å². The van der Waals surface area contributed by atoms with E-state index in [1.165, 1.54) is 5.56 Å². The second-order valence-corrected chi connectivity index (χ2v) is 7.83. The zero-order chi connectivity index (χ0) is 21.5. The second-order valence-electron chi connectivity index (χ2n) is 7.83. The molecule has 7 heteroatoms. The summed E-state index contributed by atoms with van der Waals surface area (Å²) in [7, 11) is 0. The van der Waals surface area contributed by atoms with Crippen LogP contribution in [0.1, 0.15) is 18.4 Å². The number of nitrogens with zero attached hydrogens (tertiary/aromatic N) is 2. The fourth-order valence-corrected chi connectivity index (χ4v) is 3.88. The number of amides is 1. The van der Waals surface area contributed by atoms with Crippen molar-refractivity contribution in [1.29, 1.82) is 0 Å². The van der Waals surface area contributed by atoms with Crippen LogP contribution in [0, 0.1) is 0 Å². The lowest BCUT2D eigenvalue weighted by atomic mass is 10.2. The molecule has 2 aliphatic heterocycles. The number of anilines is 1. The molecule has 7 nitrogen and oxygen atoms in total. The number of morpholine rings is 1. The molecule has 0 radical (unpaired) electrons. The molecule has 0 aromatic heterocycles. The van der Waals surface area contributed by atoms with Crippen molar-refractivity contribution < 1.29 is 23.8 Å². The Hall–Kier alpha value is -2.90. The molecular weight excluding hydrogens is 396 g/mol. The molecule has 164 valence electrons. The van der Waals surface area contributed by atoms with Gasteiger partial charge in [0.25, 0.3) is 0 Å². The molecule has 2 aromatic carbocycles. The number of carbonyl (C=O) groups is 2. The summed E-state index contributed by atoms with van der Waals surface area (Å²) in [5, 5.41) is 0. The highest BCUT2D eigenvalue weighted by molar-refractivity contribution is 5.95. The number of hydrogen-bond donors (Lipinski definition) is 0. The van der Waals surface area contributed by atoms with E-state index < -0.39 is 5.97 Å². The predicted molar refractivity (Wildman–Crippen MR) is 116 cm³/mol. The topological polar surface area (TPSA) is 68.3 Å². The molecule has 0 bridgehead atoms. The van der Waals surface area contributed by atoms with Gasteiger partial charge in [0, 0.05) is 38.3 Å². The first-order valence-electron chi connectivity index (χ1n) is 10.7. The monoisotopic (exact) mass is 424 g/mol. The van der Waals surface area contributed by atoms with E-state index in [2.05, 4.69) is 17.0 Å². The fraction of sp³-hybridized carbons (Fsp3) is 0.417. The molecule has 1 atom stereocenters. The first-order chi connectivity index (χ1) is 15.2. The van der Waals surface area contributed by atoms with E-state index in [4.69, 9.17) is 14.2 Å². The van der Waals surface area contributed by atoms with Gasteiger partial charge in [0.15, 0.2) is 6.61 Å². The maximum Gasteiger partial charge on any atom is 0.344 e. The van der Waals surface area contributed by atoms with Crippen molar-refractivity contribution in [2.75, 3.05) is 44.4 Å². The average molecular weight is 424 g/mol. The molecule has 0 N–H and O–H groups in total. The van der Waals surface area contributed by atoms with Gasteiger partial charge < -0.3 is 19.1 Å². The zero-order valence-corrected chi connectivity index (χ0v) is 17.6. The molecule has 1 amide bonds. The van der Waals surface area contributed by atoms with Gasteiger partial charge in [-0.05, 0) is 36.2 Å². The van der Waals surface area contributed by atoms with E-state index in [9.17, 15) is 9.59 Å². The van der Waals surface area contributed by atoms with Crippen molar-refractivity contribution in [3.05, 3.63) is 60.2 Å². The summed E-state index contributed by atoms with van der Waals surface area (Å²) in [6.45, 7) is 3.86. The minimum atomic E-state index is -0.428. The zero-order valence-electron chi connectivity index (χ0n) is 17.6. The van der Waals surface area contributed by atoms with Crippen LogP contribution in [0.5, 0.6) is 5.75 Å².